The summed E-state index contributed by atoms with van der Waals surface area (Å²) in [5, 5.41) is 65.9. The van der Waals surface area contributed by atoms with Crippen molar-refractivity contribution in [2.24, 2.45) is 17.8 Å². The van der Waals surface area contributed by atoms with Crippen LogP contribution in [-0.4, -0.2) is 65.2 Å². The Kier molecular flexibility index (Phi) is 11.9. The van der Waals surface area contributed by atoms with Gasteiger partial charge < -0.3 is 40.9 Å². The van der Waals surface area contributed by atoms with Crippen molar-refractivity contribution in [1.82, 2.24) is 0 Å². The summed E-state index contributed by atoms with van der Waals surface area (Å²) in [6, 6.07) is 1.85. The van der Waals surface area contributed by atoms with Gasteiger partial charge in [0.25, 0.3) is 6.47 Å². The largest absolute Gasteiger partial charge is 0.508 e. The lowest BCUT2D eigenvalue weighted by Gasteiger charge is -1.99. The van der Waals surface area contributed by atoms with E-state index < -0.39 is 35.2 Å². The Hall–Kier alpha value is -3.70. The van der Waals surface area contributed by atoms with Gasteiger partial charge in [-0.3, -0.25) is 19.2 Å². The van der Waals surface area contributed by atoms with E-state index in [0.29, 0.717) is 0 Å². The Morgan fingerprint density at radius 1 is 0.677 bits per heavy atom. The van der Waals surface area contributed by atoms with Gasteiger partial charge >= 0.3 is 17.9 Å². The molecule has 0 heterocycles. The quantitative estimate of drug-likeness (QED) is 0.188. The SMILES string of the molecule is O=C(O)C1CC1.O=C(O)C1CC1.O=C(O)C1CC1.O=CO.Oc1cc(O)c(O)c(O)c1. The third-order valence-electron chi connectivity index (χ3n) is 3.83. The van der Waals surface area contributed by atoms with Gasteiger partial charge in [-0.2, -0.15) is 0 Å². The first-order valence-electron chi connectivity index (χ1n) is 9.14. The summed E-state index contributed by atoms with van der Waals surface area (Å²) in [5.41, 5.74) is 0. The van der Waals surface area contributed by atoms with Crippen molar-refractivity contribution in [3.8, 4) is 23.0 Å². The molecule has 31 heavy (non-hydrogen) atoms. The fourth-order valence-electron chi connectivity index (χ4n) is 1.58. The molecular formula is C19H26O12. The molecule has 0 atom stereocenters. The Balaban J connectivity index is 0.000000380. The van der Waals surface area contributed by atoms with Crippen molar-refractivity contribution >= 4 is 24.4 Å². The molecule has 0 bridgehead atoms. The Morgan fingerprint density at radius 2 is 0.903 bits per heavy atom. The first-order chi connectivity index (χ1) is 14.4. The van der Waals surface area contributed by atoms with E-state index in [-0.39, 0.29) is 30.0 Å². The van der Waals surface area contributed by atoms with Crippen molar-refractivity contribution in [3.63, 3.8) is 0 Å². The van der Waals surface area contributed by atoms with Crippen LogP contribution in [0.4, 0.5) is 0 Å². The van der Waals surface area contributed by atoms with Crippen LogP contribution >= 0.6 is 0 Å². The van der Waals surface area contributed by atoms with Crippen LogP contribution in [0.1, 0.15) is 38.5 Å². The highest BCUT2D eigenvalue weighted by atomic mass is 16.4. The minimum atomic E-state index is -0.630. The lowest BCUT2D eigenvalue weighted by molar-refractivity contribution is -0.139. The summed E-state index contributed by atoms with van der Waals surface area (Å²) >= 11 is 0. The van der Waals surface area contributed by atoms with Crippen LogP contribution in [0.2, 0.25) is 0 Å². The topological polar surface area (TPSA) is 230 Å². The monoisotopic (exact) mass is 446 g/mol. The zero-order chi connectivity index (χ0) is 24.1. The minimum Gasteiger partial charge on any atom is -0.508 e. The Morgan fingerprint density at radius 3 is 1.03 bits per heavy atom. The first kappa shape index (κ1) is 27.3. The second kappa shape index (κ2) is 13.5. The summed E-state index contributed by atoms with van der Waals surface area (Å²) in [7, 11) is 0. The number of phenols is 4. The summed E-state index contributed by atoms with van der Waals surface area (Å²) in [4.78, 5) is 37.6. The van der Waals surface area contributed by atoms with E-state index in [0.717, 1.165) is 50.7 Å². The molecule has 1 aromatic carbocycles. The van der Waals surface area contributed by atoms with E-state index in [1.165, 1.54) is 0 Å². The number of hydrogen-bond acceptors (Lipinski definition) is 8. The van der Waals surface area contributed by atoms with Crippen molar-refractivity contribution < 1.29 is 60.0 Å². The van der Waals surface area contributed by atoms with E-state index >= 15 is 0 Å². The van der Waals surface area contributed by atoms with E-state index in [2.05, 4.69) is 0 Å². The van der Waals surface area contributed by atoms with Gasteiger partial charge in [0.15, 0.2) is 11.5 Å². The van der Waals surface area contributed by atoms with Crippen LogP contribution in [0.3, 0.4) is 0 Å². The summed E-state index contributed by atoms with van der Waals surface area (Å²) in [6.07, 6.45) is 5.39. The van der Waals surface area contributed by atoms with Gasteiger partial charge in [0.05, 0.1) is 17.8 Å². The molecule has 0 amide bonds. The fourth-order valence-corrected chi connectivity index (χ4v) is 1.58. The van der Waals surface area contributed by atoms with Gasteiger partial charge in [-0.15, -0.1) is 0 Å². The first-order valence-corrected chi connectivity index (χ1v) is 9.14. The van der Waals surface area contributed by atoms with Crippen LogP contribution in [-0.2, 0) is 19.2 Å². The molecule has 174 valence electrons. The summed E-state index contributed by atoms with van der Waals surface area (Å²) < 4.78 is 0. The second-order valence-corrected chi connectivity index (χ2v) is 6.78. The summed E-state index contributed by atoms with van der Waals surface area (Å²) in [6.45, 7) is -0.250. The molecule has 1 aromatic rings. The normalized spacial score (nSPS) is 15.5. The predicted octanol–water partition coefficient (Wildman–Crippen LogP) is 1.65. The minimum absolute atomic E-state index is 0.0185. The number of hydrogen-bond donors (Lipinski definition) is 8. The highest BCUT2D eigenvalue weighted by Gasteiger charge is 2.29. The Bertz CT molecular complexity index is 673. The lowest BCUT2D eigenvalue weighted by atomic mass is 10.3. The molecule has 8 N–H and O–H groups in total. The fraction of sp³-hybridized carbons (Fsp3) is 0.474. The zero-order valence-electron chi connectivity index (χ0n) is 16.4. The van der Waals surface area contributed by atoms with Gasteiger partial charge in [0.2, 0.25) is 5.75 Å². The second-order valence-electron chi connectivity index (χ2n) is 6.78. The van der Waals surface area contributed by atoms with Gasteiger partial charge in [-0.25, -0.2) is 0 Å². The van der Waals surface area contributed by atoms with Crippen LogP contribution in [0.5, 0.6) is 23.0 Å². The van der Waals surface area contributed by atoms with Crippen molar-refractivity contribution in [2.75, 3.05) is 0 Å². The standard InChI is InChI=1S/C6H6O4.3C4H6O2.CH2O2/c7-3-1-4(8)6(10)5(9)2-3;3*5-4(6)3-1-2-3;2-1-3/h1-2,7-10H;3*3H,1-2H2,(H,5,6);1H,(H,2,3). The number of carboxylic acids is 3. The van der Waals surface area contributed by atoms with E-state index in [1.807, 2.05) is 0 Å². The highest BCUT2D eigenvalue weighted by Crippen LogP contribution is 2.37. The van der Waals surface area contributed by atoms with Crippen LogP contribution in [0, 0.1) is 17.8 Å². The average Bonchev–Trinajstić information content (AvgIpc) is 3.51. The molecule has 4 rings (SSSR count). The molecule has 3 aliphatic rings. The number of benzene rings is 1. The van der Waals surface area contributed by atoms with Gasteiger partial charge in [-0.05, 0) is 38.5 Å². The molecule has 0 radical (unpaired) electrons. The van der Waals surface area contributed by atoms with Crippen LogP contribution in [0.15, 0.2) is 12.1 Å². The highest BCUT2D eigenvalue weighted by molar-refractivity contribution is 5.73. The average molecular weight is 446 g/mol. The van der Waals surface area contributed by atoms with E-state index in [4.69, 9.17) is 45.6 Å². The third-order valence-corrected chi connectivity index (χ3v) is 3.83. The number of aromatic hydroxyl groups is 4. The third kappa shape index (κ3) is 14.0. The van der Waals surface area contributed by atoms with Crippen molar-refractivity contribution in [1.29, 1.82) is 0 Å². The maximum absolute atomic E-state index is 9.76. The maximum atomic E-state index is 9.76. The maximum Gasteiger partial charge on any atom is 0.306 e. The van der Waals surface area contributed by atoms with E-state index in [1.54, 1.807) is 0 Å². The number of phenolic OH excluding ortho intramolecular Hbond substituents is 4. The molecule has 12 heteroatoms. The number of aliphatic carboxylic acids is 3. The van der Waals surface area contributed by atoms with Crippen molar-refractivity contribution in [2.45, 2.75) is 38.5 Å². The number of carboxylic acid groups (broad SMARTS) is 4. The number of rotatable bonds is 3. The zero-order valence-corrected chi connectivity index (χ0v) is 16.4. The molecule has 0 spiro atoms. The molecule has 3 aliphatic carbocycles. The molecular weight excluding hydrogens is 420 g/mol. The lowest BCUT2D eigenvalue weighted by Crippen LogP contribution is -1.94. The molecule has 12 nitrogen and oxygen atoms in total. The van der Waals surface area contributed by atoms with Crippen LogP contribution < -0.4 is 0 Å². The van der Waals surface area contributed by atoms with E-state index in [9.17, 15) is 14.4 Å². The molecule has 0 unspecified atom stereocenters. The molecule has 0 saturated heterocycles. The van der Waals surface area contributed by atoms with Gasteiger partial charge in [0.1, 0.15) is 5.75 Å². The molecule has 0 aliphatic heterocycles. The number of carbonyl (C=O) groups is 4. The molecule has 0 aromatic heterocycles. The molecule has 3 fully saturated rings. The molecule has 3 saturated carbocycles. The van der Waals surface area contributed by atoms with Gasteiger partial charge in [-0.1, -0.05) is 0 Å². The predicted molar refractivity (Wildman–Crippen MR) is 103 cm³/mol. The Labute approximate surface area is 176 Å². The van der Waals surface area contributed by atoms with Crippen molar-refractivity contribution in [3.05, 3.63) is 12.1 Å². The van der Waals surface area contributed by atoms with Crippen LogP contribution in [0.25, 0.3) is 0 Å². The van der Waals surface area contributed by atoms with Gasteiger partial charge in [0, 0.05) is 12.1 Å². The smallest absolute Gasteiger partial charge is 0.306 e. The summed E-state index contributed by atoms with van der Waals surface area (Å²) in [5.74, 6) is -3.85.